The van der Waals surface area contributed by atoms with E-state index in [1.807, 2.05) is 44.7 Å². The number of benzene rings is 1. The zero-order valence-corrected chi connectivity index (χ0v) is 19.9. The lowest BCUT2D eigenvalue weighted by Crippen LogP contribution is -2.44. The van der Waals surface area contributed by atoms with Gasteiger partial charge in [0.15, 0.2) is 0 Å². The van der Waals surface area contributed by atoms with Gasteiger partial charge in [0.05, 0.1) is 5.60 Å². The molecule has 6 nitrogen and oxygen atoms in total. The standard InChI is InChI=1S/C23H34ClN3O3/c1-14-10-20(16(11-17(14)24)22(2,3)4)29-13-19-15-12-27(9-8-18(15)25-26-19)21(28)30-23(5,6)7/h10-11,21,28H,8-9,12-13H2,1-7H3,(H,25,26). The van der Waals surface area contributed by atoms with Gasteiger partial charge in [-0.15, -0.1) is 0 Å². The number of fused-ring (bicyclic) bond motifs is 1. The Morgan fingerprint density at radius 3 is 2.57 bits per heavy atom. The maximum Gasteiger partial charge on any atom is 0.216 e. The van der Waals surface area contributed by atoms with Crippen molar-refractivity contribution in [3.05, 3.63) is 45.2 Å². The van der Waals surface area contributed by atoms with E-state index in [9.17, 15) is 5.11 Å². The average Bonchev–Trinajstić information content (AvgIpc) is 3.02. The Labute approximate surface area is 184 Å². The van der Waals surface area contributed by atoms with E-state index in [0.717, 1.165) is 45.3 Å². The van der Waals surface area contributed by atoms with E-state index < -0.39 is 12.0 Å². The van der Waals surface area contributed by atoms with Crippen LogP contribution in [0.3, 0.4) is 0 Å². The zero-order chi connectivity index (χ0) is 22.3. The summed E-state index contributed by atoms with van der Waals surface area (Å²) in [6.45, 7) is 15.8. The predicted octanol–water partition coefficient (Wildman–Crippen LogP) is 4.70. The number of H-pyrrole nitrogens is 1. The quantitative estimate of drug-likeness (QED) is 0.666. The number of aliphatic hydroxyl groups is 1. The van der Waals surface area contributed by atoms with Crippen molar-refractivity contribution in [1.29, 1.82) is 0 Å². The summed E-state index contributed by atoms with van der Waals surface area (Å²) in [5.41, 5.74) is 4.55. The Morgan fingerprint density at radius 1 is 1.23 bits per heavy atom. The molecule has 2 N–H and O–H groups in total. The number of aliphatic hydroxyl groups excluding tert-OH is 1. The van der Waals surface area contributed by atoms with Gasteiger partial charge in [0.25, 0.3) is 0 Å². The highest BCUT2D eigenvalue weighted by Gasteiger charge is 2.29. The number of aromatic nitrogens is 2. The van der Waals surface area contributed by atoms with Crippen LogP contribution in [0.15, 0.2) is 12.1 Å². The van der Waals surface area contributed by atoms with Crippen molar-refractivity contribution < 1.29 is 14.6 Å². The maximum absolute atomic E-state index is 10.5. The maximum atomic E-state index is 10.5. The van der Waals surface area contributed by atoms with Gasteiger partial charge in [0.1, 0.15) is 18.1 Å². The number of hydrogen-bond acceptors (Lipinski definition) is 5. The smallest absolute Gasteiger partial charge is 0.216 e. The molecule has 2 aromatic rings. The minimum atomic E-state index is -0.951. The Kier molecular flexibility index (Phi) is 6.54. The fourth-order valence-electron chi connectivity index (χ4n) is 3.58. The molecule has 1 unspecified atom stereocenters. The Hall–Kier alpha value is -1.60. The Morgan fingerprint density at radius 2 is 1.93 bits per heavy atom. The normalized spacial score (nSPS) is 16.4. The number of ether oxygens (including phenoxy) is 2. The molecule has 1 atom stereocenters. The fraction of sp³-hybridized carbons (Fsp3) is 0.609. The monoisotopic (exact) mass is 435 g/mol. The fourth-order valence-corrected chi connectivity index (χ4v) is 3.74. The number of hydrogen-bond donors (Lipinski definition) is 2. The van der Waals surface area contributed by atoms with E-state index in [1.165, 1.54) is 0 Å². The molecule has 30 heavy (non-hydrogen) atoms. The first kappa shape index (κ1) is 23.1. The van der Waals surface area contributed by atoms with E-state index in [4.69, 9.17) is 21.1 Å². The molecule has 0 spiro atoms. The molecule has 0 bridgehead atoms. The second kappa shape index (κ2) is 8.50. The van der Waals surface area contributed by atoms with E-state index in [2.05, 4.69) is 31.0 Å². The lowest BCUT2D eigenvalue weighted by Gasteiger charge is -2.34. The van der Waals surface area contributed by atoms with Crippen LogP contribution in [0.25, 0.3) is 0 Å². The van der Waals surface area contributed by atoms with E-state index >= 15 is 0 Å². The lowest BCUT2D eigenvalue weighted by molar-refractivity contribution is -0.242. The van der Waals surface area contributed by atoms with Gasteiger partial charge in [-0.3, -0.25) is 10.00 Å². The van der Waals surface area contributed by atoms with Crippen molar-refractivity contribution in [3.63, 3.8) is 0 Å². The van der Waals surface area contributed by atoms with E-state index in [-0.39, 0.29) is 5.41 Å². The minimum absolute atomic E-state index is 0.0944. The SMILES string of the molecule is Cc1cc(OCc2n[nH]c3c2CN(C(O)OC(C)(C)C)CC3)c(C(C)(C)C)cc1Cl. The van der Waals surface area contributed by atoms with Crippen LogP contribution in [0.5, 0.6) is 5.75 Å². The van der Waals surface area contributed by atoms with Crippen LogP contribution in [0, 0.1) is 6.92 Å². The topological polar surface area (TPSA) is 70.6 Å². The van der Waals surface area contributed by atoms with Gasteiger partial charge in [0, 0.05) is 41.4 Å². The van der Waals surface area contributed by atoms with Gasteiger partial charge in [0.2, 0.25) is 6.41 Å². The summed E-state index contributed by atoms with van der Waals surface area (Å²) in [7, 11) is 0. The van der Waals surface area contributed by atoms with Crippen LogP contribution in [0.1, 0.15) is 69.6 Å². The predicted molar refractivity (Wildman–Crippen MR) is 119 cm³/mol. The molecule has 0 aliphatic carbocycles. The number of aryl methyl sites for hydroxylation is 1. The second-order valence-electron chi connectivity index (χ2n) is 10.0. The molecule has 1 aliphatic heterocycles. The highest BCUT2D eigenvalue weighted by atomic mass is 35.5. The first-order chi connectivity index (χ1) is 13.8. The molecule has 0 radical (unpaired) electrons. The van der Waals surface area contributed by atoms with Crippen molar-refractivity contribution >= 4 is 11.6 Å². The number of halogens is 1. The molecular weight excluding hydrogens is 402 g/mol. The molecule has 7 heteroatoms. The molecule has 3 rings (SSSR count). The summed E-state index contributed by atoms with van der Waals surface area (Å²) in [5.74, 6) is 0.824. The van der Waals surface area contributed by atoms with Crippen LogP contribution in [-0.2, 0) is 29.7 Å². The molecule has 1 aliphatic rings. The summed E-state index contributed by atoms with van der Waals surface area (Å²) >= 11 is 6.36. The van der Waals surface area contributed by atoms with Crippen LogP contribution < -0.4 is 4.74 Å². The van der Waals surface area contributed by atoms with Crippen molar-refractivity contribution in [3.8, 4) is 5.75 Å². The molecule has 0 saturated carbocycles. The number of nitrogens with one attached hydrogen (secondary N) is 1. The number of nitrogens with zero attached hydrogens (tertiary/aromatic N) is 2. The average molecular weight is 436 g/mol. The van der Waals surface area contributed by atoms with E-state index in [1.54, 1.807) is 0 Å². The Balaban J connectivity index is 1.77. The minimum Gasteiger partial charge on any atom is -0.487 e. The summed E-state index contributed by atoms with van der Waals surface area (Å²) in [6, 6.07) is 3.99. The lowest BCUT2D eigenvalue weighted by atomic mass is 9.86. The molecule has 0 saturated heterocycles. The zero-order valence-electron chi connectivity index (χ0n) is 19.1. The van der Waals surface area contributed by atoms with Crippen molar-refractivity contribution in [2.45, 2.75) is 85.5 Å². The molecule has 0 fully saturated rings. The summed E-state index contributed by atoms with van der Waals surface area (Å²) in [6.07, 6.45) is -0.173. The second-order valence-corrected chi connectivity index (χ2v) is 10.4. The highest BCUT2D eigenvalue weighted by molar-refractivity contribution is 6.31. The largest absolute Gasteiger partial charge is 0.487 e. The molecule has 2 heterocycles. The van der Waals surface area contributed by atoms with Crippen LogP contribution in [0.4, 0.5) is 0 Å². The van der Waals surface area contributed by atoms with Gasteiger partial charge in [-0.2, -0.15) is 5.10 Å². The molecule has 1 aromatic carbocycles. The molecule has 0 amide bonds. The third-order valence-corrected chi connectivity index (χ3v) is 5.66. The molecule has 166 valence electrons. The van der Waals surface area contributed by atoms with Crippen LogP contribution >= 0.6 is 11.6 Å². The summed E-state index contributed by atoms with van der Waals surface area (Å²) in [4.78, 5) is 1.92. The van der Waals surface area contributed by atoms with Crippen molar-refractivity contribution in [1.82, 2.24) is 15.1 Å². The summed E-state index contributed by atoms with van der Waals surface area (Å²) < 4.78 is 12.0. The van der Waals surface area contributed by atoms with Gasteiger partial charge in [-0.25, -0.2) is 0 Å². The number of aromatic amines is 1. The van der Waals surface area contributed by atoms with Crippen LogP contribution in [-0.4, -0.2) is 38.8 Å². The van der Waals surface area contributed by atoms with Gasteiger partial charge in [-0.1, -0.05) is 32.4 Å². The Bertz CT molecular complexity index is 896. The number of rotatable bonds is 5. The third-order valence-electron chi connectivity index (χ3n) is 5.25. The van der Waals surface area contributed by atoms with Crippen molar-refractivity contribution in [2.75, 3.05) is 6.54 Å². The van der Waals surface area contributed by atoms with Gasteiger partial charge >= 0.3 is 0 Å². The molecule has 1 aromatic heterocycles. The van der Waals surface area contributed by atoms with Crippen LogP contribution in [0.2, 0.25) is 5.02 Å². The third kappa shape index (κ3) is 5.35. The highest BCUT2D eigenvalue weighted by Crippen LogP contribution is 2.36. The first-order valence-corrected chi connectivity index (χ1v) is 10.8. The summed E-state index contributed by atoms with van der Waals surface area (Å²) in [5, 5.41) is 18.8. The van der Waals surface area contributed by atoms with Gasteiger partial charge in [-0.05, 0) is 50.8 Å². The van der Waals surface area contributed by atoms with Crippen molar-refractivity contribution in [2.24, 2.45) is 0 Å². The van der Waals surface area contributed by atoms with E-state index in [0.29, 0.717) is 19.7 Å². The molecular formula is C23H34ClN3O3. The van der Waals surface area contributed by atoms with Gasteiger partial charge < -0.3 is 14.6 Å². The first-order valence-electron chi connectivity index (χ1n) is 10.4.